The van der Waals surface area contributed by atoms with E-state index in [9.17, 15) is 4.79 Å². The molecule has 0 spiro atoms. The largest absolute Gasteiger partial charge is 0.493 e. The Balaban J connectivity index is 1.74. The van der Waals surface area contributed by atoms with Crippen LogP contribution < -0.4 is 23.7 Å². The van der Waals surface area contributed by atoms with Crippen molar-refractivity contribution in [1.29, 1.82) is 0 Å². The Morgan fingerprint density at radius 1 is 0.595 bits per heavy atom. The van der Waals surface area contributed by atoms with Crippen LogP contribution in [0, 0.1) is 0 Å². The number of esters is 1. The molecule has 0 aliphatic carbocycles. The van der Waals surface area contributed by atoms with Gasteiger partial charge in [0, 0.05) is 6.42 Å². The van der Waals surface area contributed by atoms with Gasteiger partial charge in [-0.25, -0.2) is 0 Å². The molecule has 0 amide bonds. The molecule has 6 nitrogen and oxygen atoms in total. The molecule has 0 saturated heterocycles. The minimum atomic E-state index is -0.239. The minimum absolute atomic E-state index is 0.239. The van der Waals surface area contributed by atoms with Gasteiger partial charge in [-0.2, -0.15) is 0 Å². The molecule has 0 saturated carbocycles. The average molecular weight is 581 g/mol. The monoisotopic (exact) mass is 580 g/mol. The van der Waals surface area contributed by atoms with Crippen LogP contribution in [-0.4, -0.2) is 34.4 Å². The maximum absolute atomic E-state index is 12.6. The predicted molar refractivity (Wildman–Crippen MR) is 173 cm³/mol. The number of unbranched alkanes of at least 4 members (excludes halogenated alkanes) is 11. The zero-order chi connectivity index (χ0) is 30.4. The van der Waals surface area contributed by atoms with Crippen molar-refractivity contribution in [2.45, 2.75) is 96.8 Å². The third-order valence-corrected chi connectivity index (χ3v) is 7.21. The normalized spacial score (nSPS) is 11.3. The zero-order valence-electron chi connectivity index (χ0n) is 26.5. The molecule has 2 aromatic rings. The van der Waals surface area contributed by atoms with E-state index in [-0.39, 0.29) is 5.97 Å². The van der Waals surface area contributed by atoms with Crippen LogP contribution in [0.3, 0.4) is 0 Å². The van der Waals surface area contributed by atoms with Gasteiger partial charge in [0.1, 0.15) is 0 Å². The third kappa shape index (κ3) is 13.1. The van der Waals surface area contributed by atoms with Crippen molar-refractivity contribution >= 4 is 18.1 Å². The molecule has 42 heavy (non-hydrogen) atoms. The highest BCUT2D eigenvalue weighted by Gasteiger charge is 2.13. The fraction of sp³-hybridized carbons (Fsp3) is 0.528. The molecule has 2 rings (SSSR count). The molecule has 0 unspecified atom stereocenters. The fourth-order valence-corrected chi connectivity index (χ4v) is 4.78. The lowest BCUT2D eigenvalue weighted by atomic mass is 10.1. The minimum Gasteiger partial charge on any atom is -0.493 e. The van der Waals surface area contributed by atoms with Crippen LogP contribution in [0.2, 0.25) is 0 Å². The van der Waals surface area contributed by atoms with E-state index in [1.165, 1.54) is 57.8 Å². The van der Waals surface area contributed by atoms with E-state index in [0.717, 1.165) is 36.8 Å². The highest BCUT2D eigenvalue weighted by atomic mass is 16.6. The highest BCUT2D eigenvalue weighted by Crippen LogP contribution is 2.39. The van der Waals surface area contributed by atoms with Gasteiger partial charge in [0.25, 0.3) is 0 Å². The molecule has 0 radical (unpaired) electrons. The summed E-state index contributed by atoms with van der Waals surface area (Å²) in [5.74, 6) is 2.41. The first kappa shape index (κ1) is 34.8. The predicted octanol–water partition coefficient (Wildman–Crippen LogP) is 9.83. The van der Waals surface area contributed by atoms with E-state index >= 15 is 0 Å². The summed E-state index contributed by atoms with van der Waals surface area (Å²) in [6.45, 7) is 2.26. The smallest absolute Gasteiger partial charge is 0.311 e. The fourth-order valence-electron chi connectivity index (χ4n) is 4.78. The Labute approximate surface area is 254 Å². The molecular formula is C36H52O6. The Hall–Kier alpha value is -3.41. The van der Waals surface area contributed by atoms with Gasteiger partial charge in [-0.15, -0.1) is 0 Å². The Morgan fingerprint density at radius 2 is 1.12 bits per heavy atom. The lowest BCUT2D eigenvalue weighted by molar-refractivity contribution is -0.134. The number of methoxy groups -OCH3 is 4. The SMILES string of the molecule is CCCCCCCC/C=C/CCCCCCCC(=O)Oc1cc(/C=C\c2cc(OC)c(OC)c(OC)c2)ccc1OC. The van der Waals surface area contributed by atoms with Crippen LogP contribution in [0.5, 0.6) is 28.7 Å². The first-order chi connectivity index (χ1) is 20.6. The van der Waals surface area contributed by atoms with Gasteiger partial charge in [-0.3, -0.25) is 4.79 Å². The molecular weight excluding hydrogens is 528 g/mol. The molecule has 0 aromatic heterocycles. The second-order valence-corrected chi connectivity index (χ2v) is 10.5. The van der Waals surface area contributed by atoms with Crippen molar-refractivity contribution in [1.82, 2.24) is 0 Å². The van der Waals surface area contributed by atoms with Gasteiger partial charge in [-0.05, 0) is 67.5 Å². The molecule has 0 atom stereocenters. The summed E-state index contributed by atoms with van der Waals surface area (Å²) in [7, 11) is 6.33. The number of carbonyl (C=O) groups is 1. The average Bonchev–Trinajstić information content (AvgIpc) is 3.01. The van der Waals surface area contributed by atoms with Crippen LogP contribution in [0.25, 0.3) is 12.2 Å². The van der Waals surface area contributed by atoms with Crippen molar-refractivity contribution in [2.75, 3.05) is 28.4 Å². The van der Waals surface area contributed by atoms with E-state index in [1.54, 1.807) is 34.5 Å². The van der Waals surface area contributed by atoms with Crippen molar-refractivity contribution < 1.29 is 28.5 Å². The standard InChI is InChI=1S/C36H52O6/c1-6-7-8-9-10-11-12-13-14-15-16-17-18-19-20-21-35(37)42-32-26-29(24-25-31(32)38-2)22-23-30-27-33(39-3)36(41-5)34(28-30)40-4/h13-14,22-28H,6-12,15-21H2,1-5H3/b14-13+,23-22-. The van der Waals surface area contributed by atoms with Gasteiger partial charge < -0.3 is 23.7 Å². The number of ether oxygens (including phenoxy) is 5. The Morgan fingerprint density at radius 3 is 1.69 bits per heavy atom. The summed E-state index contributed by atoms with van der Waals surface area (Å²) < 4.78 is 27.4. The maximum Gasteiger partial charge on any atom is 0.311 e. The second-order valence-electron chi connectivity index (χ2n) is 10.5. The summed E-state index contributed by atoms with van der Waals surface area (Å²) in [6.07, 6.45) is 24.9. The first-order valence-corrected chi connectivity index (χ1v) is 15.6. The second kappa shape index (κ2) is 21.3. The van der Waals surface area contributed by atoms with Crippen molar-refractivity contribution in [2.24, 2.45) is 0 Å². The molecule has 0 aliphatic heterocycles. The van der Waals surface area contributed by atoms with E-state index in [0.29, 0.717) is 35.2 Å². The molecule has 232 valence electrons. The number of hydrogen-bond donors (Lipinski definition) is 0. The lowest BCUT2D eigenvalue weighted by Crippen LogP contribution is -2.08. The molecule has 0 bridgehead atoms. The topological polar surface area (TPSA) is 63.2 Å². The van der Waals surface area contributed by atoms with Crippen LogP contribution in [0.1, 0.15) is 108 Å². The highest BCUT2D eigenvalue weighted by molar-refractivity contribution is 5.76. The number of benzene rings is 2. The van der Waals surface area contributed by atoms with Crippen LogP contribution in [0.4, 0.5) is 0 Å². The zero-order valence-corrected chi connectivity index (χ0v) is 26.5. The van der Waals surface area contributed by atoms with Gasteiger partial charge >= 0.3 is 5.97 Å². The summed E-state index contributed by atoms with van der Waals surface area (Å²) in [5, 5.41) is 0. The molecule has 6 heteroatoms. The van der Waals surface area contributed by atoms with Crippen molar-refractivity contribution in [3.05, 3.63) is 53.6 Å². The number of allylic oxidation sites excluding steroid dienone is 2. The van der Waals surface area contributed by atoms with E-state index < -0.39 is 0 Å². The summed E-state index contributed by atoms with van der Waals surface area (Å²) in [4.78, 5) is 12.6. The number of hydrogen-bond acceptors (Lipinski definition) is 6. The maximum atomic E-state index is 12.6. The first-order valence-electron chi connectivity index (χ1n) is 15.6. The lowest BCUT2D eigenvalue weighted by Gasteiger charge is -2.13. The van der Waals surface area contributed by atoms with Gasteiger partial charge in [0.05, 0.1) is 28.4 Å². The van der Waals surface area contributed by atoms with Crippen LogP contribution >= 0.6 is 0 Å². The van der Waals surface area contributed by atoms with E-state index in [1.807, 2.05) is 36.4 Å². The molecule has 0 aliphatic rings. The summed E-state index contributed by atoms with van der Waals surface area (Å²) in [5.41, 5.74) is 1.75. The quantitative estimate of drug-likeness (QED) is 0.0454. The Kier molecular flexibility index (Phi) is 17.7. The molecule has 2 aromatic carbocycles. The van der Waals surface area contributed by atoms with Crippen LogP contribution in [0.15, 0.2) is 42.5 Å². The summed E-state index contributed by atoms with van der Waals surface area (Å²) >= 11 is 0. The molecule has 0 N–H and O–H groups in total. The molecule has 0 fully saturated rings. The number of rotatable bonds is 22. The third-order valence-electron chi connectivity index (χ3n) is 7.21. The van der Waals surface area contributed by atoms with Gasteiger partial charge in [-0.1, -0.05) is 88.7 Å². The Bertz CT molecular complexity index is 1080. The van der Waals surface area contributed by atoms with E-state index in [4.69, 9.17) is 23.7 Å². The van der Waals surface area contributed by atoms with Gasteiger partial charge in [0.2, 0.25) is 5.75 Å². The van der Waals surface area contributed by atoms with Crippen molar-refractivity contribution in [3.63, 3.8) is 0 Å². The van der Waals surface area contributed by atoms with Gasteiger partial charge in [0.15, 0.2) is 23.0 Å². The van der Waals surface area contributed by atoms with E-state index in [2.05, 4.69) is 19.1 Å². The van der Waals surface area contributed by atoms with Crippen LogP contribution in [-0.2, 0) is 4.79 Å². The summed E-state index contributed by atoms with van der Waals surface area (Å²) in [6, 6.07) is 9.27. The number of carbonyl (C=O) groups excluding carboxylic acids is 1. The van der Waals surface area contributed by atoms with Crippen molar-refractivity contribution in [3.8, 4) is 28.7 Å². The molecule has 0 heterocycles.